The lowest BCUT2D eigenvalue weighted by atomic mass is 9.92. The fourth-order valence-corrected chi connectivity index (χ4v) is 11.3. The molecule has 23 atom stereocenters. The minimum Gasteiger partial charge on any atom is -0.394 e. The number of ether oxygens (including phenoxy) is 8. The number of methoxy groups -OCH3 is 1. The van der Waals surface area contributed by atoms with Gasteiger partial charge in [0, 0.05) is 32.0 Å². The Bertz CT molecular complexity index is 1980. The van der Waals surface area contributed by atoms with Crippen LogP contribution in [0, 0.1) is 0 Å². The van der Waals surface area contributed by atoms with E-state index in [1.54, 1.807) is 27.9 Å². The summed E-state index contributed by atoms with van der Waals surface area (Å²) in [6, 6.07) is -7.23. The molecular formula is C45H82N8O20S4. The maximum Gasteiger partial charge on any atom is 0.245 e. The fraction of sp³-hybridized carbons (Fsp3) is 0.911. The van der Waals surface area contributed by atoms with Gasteiger partial charge in [0.1, 0.15) is 86.9 Å². The Morgan fingerprint density at radius 3 is 1.77 bits per heavy atom. The summed E-state index contributed by atoms with van der Waals surface area (Å²) in [4.78, 5) is 53.6. The molecule has 446 valence electrons. The second-order valence-corrected chi connectivity index (χ2v) is 24.0. The van der Waals surface area contributed by atoms with Crippen LogP contribution < -0.4 is 37.2 Å². The number of aldehydes is 1. The molecule has 0 spiro atoms. The number of aliphatic hydroxyl groups is 8. The molecule has 0 saturated carbocycles. The van der Waals surface area contributed by atoms with Crippen LogP contribution in [-0.4, -0.2) is 289 Å². The molecule has 5 fully saturated rings. The molecule has 15 N–H and O–H groups in total. The quantitative estimate of drug-likeness (QED) is 0.0143. The third-order valence-electron chi connectivity index (χ3n) is 14.6. The summed E-state index contributed by atoms with van der Waals surface area (Å²) in [6.07, 6.45) is -21.7. The normalized spacial score (nSPS) is 38.7. The van der Waals surface area contributed by atoms with Gasteiger partial charge in [-0.1, -0.05) is 8.01 Å². The van der Waals surface area contributed by atoms with Crippen molar-refractivity contribution in [1.82, 2.24) is 42.1 Å². The number of likely N-dealkylation sites (tertiary alicyclic amines) is 1. The van der Waals surface area contributed by atoms with E-state index in [4.69, 9.17) is 61.6 Å². The Balaban J connectivity index is 1.40. The molecule has 0 aromatic carbocycles. The molecule has 0 aromatic rings. The summed E-state index contributed by atoms with van der Waals surface area (Å²) in [5.74, 6) is -1.69. The predicted octanol–water partition coefficient (Wildman–Crippen LogP) is -8.71. The topological polar surface area (TPSA) is 391 Å². The second kappa shape index (κ2) is 32.3. The molecule has 0 aromatic heterocycles. The van der Waals surface area contributed by atoms with Crippen LogP contribution in [-0.2, 0) is 87.5 Å². The average Bonchev–Trinajstić information content (AvgIpc) is 3.97. The van der Waals surface area contributed by atoms with Crippen LogP contribution in [0.15, 0.2) is 0 Å². The number of carbonyl (C=O) groups is 4. The highest BCUT2D eigenvalue weighted by Crippen LogP contribution is 2.35. The summed E-state index contributed by atoms with van der Waals surface area (Å²) in [7, 11) is 3.00. The minimum atomic E-state index is -1.80. The highest BCUT2D eigenvalue weighted by atomic mass is 33.1. The van der Waals surface area contributed by atoms with Gasteiger partial charge in [-0.15, -0.1) is 0 Å². The Hall–Kier alpha value is -1.62. The predicted molar refractivity (Wildman–Crippen MR) is 282 cm³/mol. The van der Waals surface area contributed by atoms with Gasteiger partial charge in [-0.2, -0.15) is 12.6 Å². The third-order valence-corrected chi connectivity index (χ3v) is 16.0. The lowest BCUT2D eigenvalue weighted by Gasteiger charge is -2.51. The molecule has 10 unspecified atom stereocenters. The van der Waals surface area contributed by atoms with Crippen molar-refractivity contribution in [2.45, 2.75) is 180 Å². The van der Waals surface area contributed by atoms with E-state index in [-0.39, 0.29) is 37.7 Å². The Kier molecular flexibility index (Phi) is 27.1. The number of aliphatic hydroxyl groups excluding tert-OH is 8. The Morgan fingerprint density at radius 1 is 0.792 bits per heavy atom. The SMILES string of the molecule is [2H]C(=O)C1CCCN1C(=O)C(CCCNC(=O)CNC1[C@H](O[C@@H]2C(CO)O[C@@H](O[C@@H]3C(CO)O[C@@H](C)C(NC)[C@H]3O)C(NC[SH](=S)=S)[C@H]2O)OC(CO)[C@@H](O[C@@H]2OC(CO)[C@@H](OC)[C@H](O)C2NCS)[C@@H]1O)NC(=O)[C@H](C)NC. The molecule has 5 saturated heterocycles. The van der Waals surface area contributed by atoms with Gasteiger partial charge in [-0.25, -0.2) is 0 Å². The van der Waals surface area contributed by atoms with Crippen molar-refractivity contribution in [3.8, 4) is 0 Å². The first-order valence-electron chi connectivity index (χ1n) is 26.2. The van der Waals surface area contributed by atoms with Crippen LogP contribution in [0.3, 0.4) is 0 Å². The van der Waals surface area contributed by atoms with Crippen LogP contribution in [0.5, 0.6) is 0 Å². The van der Waals surface area contributed by atoms with Crippen molar-refractivity contribution in [2.75, 3.05) is 79.0 Å². The minimum absolute atomic E-state index is 0.00653. The lowest BCUT2D eigenvalue weighted by molar-refractivity contribution is -0.360. The summed E-state index contributed by atoms with van der Waals surface area (Å²) in [5.41, 5.74) is 0. The molecule has 5 aliphatic rings. The molecule has 5 heterocycles. The Labute approximate surface area is 465 Å². The van der Waals surface area contributed by atoms with Gasteiger partial charge in [-0.05, 0) is 76.0 Å². The van der Waals surface area contributed by atoms with Gasteiger partial charge >= 0.3 is 0 Å². The van der Waals surface area contributed by atoms with Gasteiger partial charge in [-0.3, -0.25) is 30.3 Å². The maximum absolute atomic E-state index is 13.7. The van der Waals surface area contributed by atoms with E-state index in [0.717, 1.165) is 0 Å². The largest absolute Gasteiger partial charge is 0.394 e. The van der Waals surface area contributed by atoms with Crippen LogP contribution in [0.4, 0.5) is 0 Å². The molecule has 5 aliphatic heterocycles. The van der Waals surface area contributed by atoms with Gasteiger partial charge < -0.3 is 110 Å². The molecular weight excluding hydrogens is 1100 g/mol. The van der Waals surface area contributed by atoms with Crippen LogP contribution in [0.2, 0.25) is 0 Å². The number of carbonyl (C=O) groups excluding carboxylic acids is 4. The van der Waals surface area contributed by atoms with Crippen LogP contribution >= 0.6 is 12.6 Å². The van der Waals surface area contributed by atoms with Gasteiger partial charge in [0.15, 0.2) is 18.9 Å². The van der Waals surface area contributed by atoms with Crippen molar-refractivity contribution in [2.24, 2.45) is 0 Å². The monoisotopic (exact) mass is 1180 g/mol. The fourth-order valence-electron chi connectivity index (χ4n) is 10.3. The zero-order valence-electron chi connectivity index (χ0n) is 44.6. The number of likely N-dealkylation sites (N-methyl/N-ethyl adjacent to an activating group) is 2. The summed E-state index contributed by atoms with van der Waals surface area (Å²) in [6.45, 7) is 0.0831. The van der Waals surface area contributed by atoms with E-state index >= 15 is 0 Å². The molecule has 32 heteroatoms. The van der Waals surface area contributed by atoms with Gasteiger partial charge in [0.2, 0.25) is 17.7 Å². The highest BCUT2D eigenvalue weighted by molar-refractivity contribution is 8.46. The number of nitrogens with zero attached hydrogens (tertiary/aromatic N) is 1. The number of amides is 3. The van der Waals surface area contributed by atoms with Crippen molar-refractivity contribution in [3.05, 3.63) is 0 Å². The van der Waals surface area contributed by atoms with Crippen molar-refractivity contribution < 1.29 is 99.3 Å². The molecule has 0 bridgehead atoms. The highest BCUT2D eigenvalue weighted by Gasteiger charge is 2.56. The first-order valence-corrected chi connectivity index (χ1v) is 29.8. The smallest absolute Gasteiger partial charge is 0.245 e. The molecule has 0 radical (unpaired) electrons. The molecule has 28 nitrogen and oxygen atoms in total. The summed E-state index contributed by atoms with van der Waals surface area (Å²) < 4.78 is 56.6. The first kappa shape index (κ1) is 64.5. The molecule has 77 heavy (non-hydrogen) atoms. The van der Waals surface area contributed by atoms with E-state index in [9.17, 15) is 60.0 Å². The first-order chi connectivity index (χ1) is 37.2. The van der Waals surface area contributed by atoms with E-state index in [1.807, 2.05) is 0 Å². The maximum atomic E-state index is 13.7. The summed E-state index contributed by atoms with van der Waals surface area (Å²) in [5, 5.41) is 109. The number of hydrogen-bond donors (Lipinski definition) is 17. The van der Waals surface area contributed by atoms with E-state index < -0.39 is 205 Å². The number of nitrogens with one attached hydrogen (secondary N) is 7. The van der Waals surface area contributed by atoms with Crippen molar-refractivity contribution in [1.29, 1.82) is 0 Å². The zero-order valence-corrected chi connectivity index (χ0v) is 47.0. The van der Waals surface area contributed by atoms with E-state index in [2.05, 4.69) is 49.8 Å². The van der Waals surface area contributed by atoms with Crippen LogP contribution in [0.25, 0.3) is 0 Å². The van der Waals surface area contributed by atoms with Gasteiger partial charge in [0.25, 0.3) is 0 Å². The van der Waals surface area contributed by atoms with E-state index in [0.29, 0.717) is 12.8 Å². The third kappa shape index (κ3) is 16.8. The molecule has 3 amide bonds. The van der Waals surface area contributed by atoms with E-state index in [1.165, 1.54) is 12.0 Å². The summed E-state index contributed by atoms with van der Waals surface area (Å²) >= 11 is 14.8. The molecule has 0 aliphatic carbocycles. The number of thiol groups is 2. The zero-order chi connectivity index (χ0) is 57.5. The second-order valence-electron chi connectivity index (χ2n) is 19.4. The Morgan fingerprint density at radius 2 is 1.29 bits per heavy atom. The number of rotatable bonds is 29. The average molecular weight is 1180 g/mol. The lowest BCUT2D eigenvalue weighted by Crippen LogP contribution is -2.71. The van der Waals surface area contributed by atoms with Crippen molar-refractivity contribution >= 4 is 67.0 Å². The molecule has 5 rings (SSSR count). The van der Waals surface area contributed by atoms with Crippen molar-refractivity contribution in [3.63, 3.8) is 0 Å². The van der Waals surface area contributed by atoms with Crippen LogP contribution in [0.1, 0.15) is 40.9 Å². The van der Waals surface area contributed by atoms with Gasteiger partial charge in [0.05, 0.1) is 75.3 Å². The number of hydrogen-bond acceptors (Lipinski definition) is 28. The standard InChI is InChI=1S/C45H82N8O20S4/c1-20(46-3)41(64)52-23(42(65)53-11-7-8-22(53)13-54)9-6-10-48-28(59)12-49-30-35(62)39(73-44-31(50-18-74)34(61)37(66-5)24(14-55)68-44)26(16-57)69-43(30)72-40-27(17-58)70-45(32(36(40)63)51-19-77(75)76)71-38-25(15-56)67-21(2)29(47-4)33(38)60/h13,20-27,29-40,43-47,49-51,55-58,60-63,74,77H,6-12,14-19H2,1-5H3,(H,48,59)(H,52,64)/t20-,21-,22?,23?,24?,25?,26?,27?,29?,30?,31?,32?,33+,34+,35+,36+,37+,38+,39+,40+,43-,44-,45-/m0/s1/i13D.